The summed E-state index contributed by atoms with van der Waals surface area (Å²) >= 11 is 0. The van der Waals surface area contributed by atoms with Crippen LogP contribution in [0.5, 0.6) is 0 Å². The van der Waals surface area contributed by atoms with Gasteiger partial charge >= 0.3 is 6.03 Å². The van der Waals surface area contributed by atoms with Crippen LogP contribution >= 0.6 is 0 Å². The van der Waals surface area contributed by atoms with E-state index in [2.05, 4.69) is 5.32 Å². The Morgan fingerprint density at radius 1 is 1.20 bits per heavy atom. The zero-order chi connectivity index (χ0) is 18.2. The highest BCUT2D eigenvalue weighted by atomic mass is 19.1. The first kappa shape index (κ1) is 16.6. The highest BCUT2D eigenvalue weighted by molar-refractivity contribution is 6.07. The minimum Gasteiger partial charge on any atom is -0.366 e. The number of hydrogen-bond acceptors (Lipinski definition) is 3. The molecule has 25 heavy (non-hydrogen) atoms. The first-order valence-electron chi connectivity index (χ1n) is 7.61. The maximum absolute atomic E-state index is 14.1. The number of rotatable bonds is 4. The standard InChI is InChI=1S/C18H16FN3O3/c1-18(13-7-2-3-8-14(13)19)16(24)22(17(25)21-18)10-11-5-4-6-12(9-11)15(20)23/h2-9H,10H2,1H3,(H2,20,23)(H,21,25)/t18-/m0/s1. The highest BCUT2D eigenvalue weighted by Crippen LogP contribution is 2.31. The van der Waals surface area contributed by atoms with Gasteiger partial charge in [0, 0.05) is 11.1 Å². The third-order valence-corrected chi connectivity index (χ3v) is 4.24. The van der Waals surface area contributed by atoms with Gasteiger partial charge in [0.25, 0.3) is 5.91 Å². The van der Waals surface area contributed by atoms with Crippen molar-refractivity contribution in [2.75, 3.05) is 0 Å². The van der Waals surface area contributed by atoms with Crippen molar-refractivity contribution in [3.05, 3.63) is 71.0 Å². The molecule has 4 amide bonds. The molecule has 3 N–H and O–H groups in total. The normalized spacial score (nSPS) is 19.8. The predicted molar refractivity (Wildman–Crippen MR) is 87.8 cm³/mol. The van der Waals surface area contributed by atoms with E-state index in [1.807, 2.05) is 0 Å². The molecule has 3 rings (SSSR count). The number of halogens is 1. The molecule has 0 aromatic heterocycles. The Labute approximate surface area is 143 Å². The van der Waals surface area contributed by atoms with Gasteiger partial charge in [-0.05, 0) is 30.7 Å². The quantitative estimate of drug-likeness (QED) is 0.832. The summed E-state index contributed by atoms with van der Waals surface area (Å²) in [7, 11) is 0. The van der Waals surface area contributed by atoms with Crippen LogP contribution in [0.3, 0.4) is 0 Å². The van der Waals surface area contributed by atoms with Gasteiger partial charge in [0.2, 0.25) is 5.91 Å². The van der Waals surface area contributed by atoms with Gasteiger partial charge in [-0.1, -0.05) is 30.3 Å². The number of nitrogens with two attached hydrogens (primary N) is 1. The lowest BCUT2D eigenvalue weighted by Gasteiger charge is -2.22. The van der Waals surface area contributed by atoms with Crippen LogP contribution in [-0.4, -0.2) is 22.7 Å². The summed E-state index contributed by atoms with van der Waals surface area (Å²) in [6.07, 6.45) is 0. The first-order valence-corrected chi connectivity index (χ1v) is 7.61. The maximum Gasteiger partial charge on any atom is 0.325 e. The van der Waals surface area contributed by atoms with E-state index in [0.717, 1.165) is 4.90 Å². The molecule has 1 heterocycles. The molecule has 2 aromatic rings. The molecule has 1 atom stereocenters. The Morgan fingerprint density at radius 2 is 1.92 bits per heavy atom. The van der Waals surface area contributed by atoms with Crippen molar-refractivity contribution in [2.24, 2.45) is 5.73 Å². The second-order valence-electron chi connectivity index (χ2n) is 5.99. The van der Waals surface area contributed by atoms with E-state index >= 15 is 0 Å². The molecule has 0 unspecified atom stereocenters. The van der Waals surface area contributed by atoms with Crippen LogP contribution in [0, 0.1) is 5.82 Å². The lowest BCUT2D eigenvalue weighted by molar-refractivity contribution is -0.131. The van der Waals surface area contributed by atoms with Crippen molar-refractivity contribution in [1.82, 2.24) is 10.2 Å². The van der Waals surface area contributed by atoms with Gasteiger partial charge in [-0.3, -0.25) is 14.5 Å². The number of benzene rings is 2. The smallest absolute Gasteiger partial charge is 0.325 e. The van der Waals surface area contributed by atoms with Crippen molar-refractivity contribution in [3.8, 4) is 0 Å². The van der Waals surface area contributed by atoms with E-state index in [4.69, 9.17) is 5.73 Å². The molecule has 0 radical (unpaired) electrons. The summed E-state index contributed by atoms with van der Waals surface area (Å²) in [5, 5.41) is 2.55. The lowest BCUT2D eigenvalue weighted by atomic mass is 9.91. The van der Waals surface area contributed by atoms with Gasteiger partial charge in [0.05, 0.1) is 6.54 Å². The van der Waals surface area contributed by atoms with Gasteiger partial charge < -0.3 is 11.1 Å². The molecule has 1 aliphatic heterocycles. The van der Waals surface area contributed by atoms with Crippen LogP contribution in [0.2, 0.25) is 0 Å². The van der Waals surface area contributed by atoms with Crippen molar-refractivity contribution in [3.63, 3.8) is 0 Å². The molecule has 1 saturated heterocycles. The van der Waals surface area contributed by atoms with Gasteiger partial charge in [-0.2, -0.15) is 0 Å². The topological polar surface area (TPSA) is 92.5 Å². The lowest BCUT2D eigenvalue weighted by Crippen LogP contribution is -2.41. The molecule has 0 saturated carbocycles. The van der Waals surface area contributed by atoms with E-state index in [9.17, 15) is 18.8 Å². The van der Waals surface area contributed by atoms with E-state index in [-0.39, 0.29) is 17.7 Å². The van der Waals surface area contributed by atoms with E-state index in [0.29, 0.717) is 5.56 Å². The van der Waals surface area contributed by atoms with E-state index in [1.54, 1.807) is 24.3 Å². The monoisotopic (exact) mass is 341 g/mol. The number of hydrogen-bond donors (Lipinski definition) is 2. The first-order chi connectivity index (χ1) is 11.8. The number of primary amides is 1. The zero-order valence-electron chi connectivity index (χ0n) is 13.5. The fourth-order valence-electron chi connectivity index (χ4n) is 2.90. The fourth-order valence-corrected chi connectivity index (χ4v) is 2.90. The molecule has 128 valence electrons. The minimum atomic E-state index is -1.48. The van der Waals surface area contributed by atoms with Crippen LogP contribution in [0.15, 0.2) is 48.5 Å². The Morgan fingerprint density at radius 3 is 2.60 bits per heavy atom. The molecule has 1 fully saturated rings. The van der Waals surface area contributed by atoms with E-state index in [1.165, 1.54) is 31.2 Å². The Kier molecular flexibility index (Phi) is 4.00. The predicted octanol–water partition coefficient (Wildman–Crippen LogP) is 1.89. The molecule has 7 heteroatoms. The summed E-state index contributed by atoms with van der Waals surface area (Å²) in [6, 6.07) is 11.5. The molecule has 0 aliphatic carbocycles. The third kappa shape index (κ3) is 2.84. The van der Waals surface area contributed by atoms with Crippen LogP contribution < -0.4 is 11.1 Å². The average Bonchev–Trinajstić information content (AvgIpc) is 2.79. The summed E-state index contributed by atoms with van der Waals surface area (Å²) < 4.78 is 14.1. The Hall–Kier alpha value is -3.22. The highest BCUT2D eigenvalue weighted by Gasteiger charge is 2.50. The number of urea groups is 1. The largest absolute Gasteiger partial charge is 0.366 e. The van der Waals surface area contributed by atoms with Gasteiger partial charge in [0.15, 0.2) is 0 Å². The number of imide groups is 1. The Balaban J connectivity index is 1.91. The number of nitrogens with zero attached hydrogens (tertiary/aromatic N) is 1. The van der Waals surface area contributed by atoms with Crippen LogP contribution in [0.4, 0.5) is 9.18 Å². The molecule has 2 aromatic carbocycles. The average molecular weight is 341 g/mol. The summed E-state index contributed by atoms with van der Waals surface area (Å²) in [6.45, 7) is 1.42. The summed E-state index contributed by atoms with van der Waals surface area (Å²) in [5.74, 6) is -1.74. The second-order valence-corrected chi connectivity index (χ2v) is 5.99. The molecular formula is C18H16FN3O3. The summed E-state index contributed by atoms with van der Waals surface area (Å²) in [4.78, 5) is 37.3. The molecular weight excluding hydrogens is 325 g/mol. The van der Waals surface area contributed by atoms with Gasteiger partial charge in [-0.25, -0.2) is 9.18 Å². The van der Waals surface area contributed by atoms with Crippen molar-refractivity contribution in [2.45, 2.75) is 19.0 Å². The maximum atomic E-state index is 14.1. The van der Waals surface area contributed by atoms with E-state index < -0.39 is 29.2 Å². The van der Waals surface area contributed by atoms with Crippen LogP contribution in [-0.2, 0) is 16.9 Å². The second kappa shape index (κ2) is 6.01. The van der Waals surface area contributed by atoms with Gasteiger partial charge in [-0.15, -0.1) is 0 Å². The molecule has 1 aliphatic rings. The number of amides is 4. The zero-order valence-corrected chi connectivity index (χ0v) is 13.5. The van der Waals surface area contributed by atoms with Gasteiger partial charge in [0.1, 0.15) is 11.4 Å². The van der Waals surface area contributed by atoms with Crippen molar-refractivity contribution >= 4 is 17.8 Å². The third-order valence-electron chi connectivity index (χ3n) is 4.24. The number of carbonyl (C=O) groups excluding carboxylic acids is 3. The van der Waals surface area contributed by atoms with Crippen LogP contribution in [0.25, 0.3) is 0 Å². The SMILES string of the molecule is C[C@@]1(c2ccccc2F)NC(=O)N(Cc2cccc(C(N)=O)c2)C1=O. The fraction of sp³-hybridized carbons (Fsp3) is 0.167. The number of carbonyl (C=O) groups is 3. The van der Waals surface area contributed by atoms with Crippen LogP contribution in [0.1, 0.15) is 28.4 Å². The number of nitrogens with one attached hydrogen (secondary N) is 1. The molecule has 0 spiro atoms. The molecule has 6 nitrogen and oxygen atoms in total. The van der Waals surface area contributed by atoms with Crippen molar-refractivity contribution < 1.29 is 18.8 Å². The summed E-state index contributed by atoms with van der Waals surface area (Å²) in [5.41, 5.74) is 4.70. The minimum absolute atomic E-state index is 0.0458. The molecule has 0 bridgehead atoms. The van der Waals surface area contributed by atoms with Crippen molar-refractivity contribution in [1.29, 1.82) is 0 Å². The Bertz CT molecular complexity index is 883.